The zero-order valence-corrected chi connectivity index (χ0v) is 16.7. The van der Waals surface area contributed by atoms with E-state index in [-0.39, 0.29) is 22.3 Å². The van der Waals surface area contributed by atoms with E-state index >= 15 is 0 Å². The Morgan fingerprint density at radius 1 is 1.27 bits per heavy atom. The second-order valence-corrected chi connectivity index (χ2v) is 8.71. The third kappa shape index (κ3) is 4.22. The highest BCUT2D eigenvalue weighted by Gasteiger charge is 2.25. The van der Waals surface area contributed by atoms with Crippen LogP contribution in [0.4, 0.5) is 0 Å². The third-order valence-corrected chi connectivity index (χ3v) is 5.84. The molecule has 0 aliphatic carbocycles. The quantitative estimate of drug-likeness (QED) is 0.896. The van der Waals surface area contributed by atoms with E-state index in [0.717, 1.165) is 36.0 Å². The van der Waals surface area contributed by atoms with Gasteiger partial charge in [0, 0.05) is 61.5 Å². The van der Waals surface area contributed by atoms with Crippen LogP contribution in [0.25, 0.3) is 0 Å². The molecule has 2 aromatic rings. The first-order chi connectivity index (χ1) is 12.2. The molecule has 7 heteroatoms. The molecular formula is C19H26N4O2S. The van der Waals surface area contributed by atoms with Gasteiger partial charge in [0.1, 0.15) is 5.56 Å². The summed E-state index contributed by atoms with van der Waals surface area (Å²) < 4.78 is 0. The second kappa shape index (κ2) is 7.32. The first kappa shape index (κ1) is 18.8. The highest BCUT2D eigenvalue weighted by atomic mass is 32.1. The Bertz CT molecular complexity index is 842. The van der Waals surface area contributed by atoms with E-state index in [0.29, 0.717) is 13.1 Å². The van der Waals surface area contributed by atoms with Crippen LogP contribution in [0.15, 0.2) is 22.4 Å². The molecule has 0 radical (unpaired) electrons. The van der Waals surface area contributed by atoms with Crippen LogP contribution in [0.1, 0.15) is 47.5 Å². The van der Waals surface area contributed by atoms with Crippen LogP contribution in [0.2, 0.25) is 0 Å². The molecule has 2 aromatic heterocycles. The monoisotopic (exact) mass is 374 g/mol. The fourth-order valence-electron chi connectivity index (χ4n) is 2.97. The summed E-state index contributed by atoms with van der Waals surface area (Å²) >= 11 is 1.71. The number of piperazine rings is 1. The molecule has 1 amide bonds. The predicted molar refractivity (Wildman–Crippen MR) is 104 cm³/mol. The highest BCUT2D eigenvalue weighted by molar-refractivity contribution is 7.09. The van der Waals surface area contributed by atoms with E-state index in [1.165, 1.54) is 12.3 Å². The van der Waals surface area contributed by atoms with Crippen molar-refractivity contribution in [2.24, 2.45) is 0 Å². The number of thiazole rings is 1. The standard InChI is InChI=1S/C19H26N4O2S/c1-13-9-16(24)15(10-20-13)17(25)23-7-5-22(6-8-23)11-14-12-26-18(21-14)19(2,3)4/h9-10,12H,5-8,11H2,1-4H3,(H,20,24). The number of rotatable bonds is 3. The molecule has 140 valence electrons. The summed E-state index contributed by atoms with van der Waals surface area (Å²) in [7, 11) is 0. The van der Waals surface area contributed by atoms with Crippen molar-refractivity contribution in [3.8, 4) is 0 Å². The van der Waals surface area contributed by atoms with Gasteiger partial charge in [0.05, 0.1) is 10.7 Å². The number of nitrogens with zero attached hydrogens (tertiary/aromatic N) is 3. The topological polar surface area (TPSA) is 69.3 Å². The molecule has 0 atom stereocenters. The number of carbonyl (C=O) groups is 1. The first-order valence-corrected chi connectivity index (χ1v) is 9.78. The van der Waals surface area contributed by atoms with Crippen molar-refractivity contribution in [1.29, 1.82) is 0 Å². The van der Waals surface area contributed by atoms with Crippen molar-refractivity contribution < 1.29 is 4.79 Å². The van der Waals surface area contributed by atoms with Crippen LogP contribution in [0.3, 0.4) is 0 Å². The van der Waals surface area contributed by atoms with Gasteiger partial charge in [0.15, 0.2) is 5.43 Å². The Morgan fingerprint density at radius 3 is 2.54 bits per heavy atom. The fourth-order valence-corrected chi connectivity index (χ4v) is 3.87. The average Bonchev–Trinajstić information content (AvgIpc) is 3.04. The number of aromatic amines is 1. The Balaban J connectivity index is 1.58. The van der Waals surface area contributed by atoms with Crippen LogP contribution in [0.5, 0.6) is 0 Å². The zero-order valence-electron chi connectivity index (χ0n) is 15.8. The van der Waals surface area contributed by atoms with Crippen molar-refractivity contribution >= 4 is 17.2 Å². The molecule has 1 saturated heterocycles. The lowest BCUT2D eigenvalue weighted by Gasteiger charge is -2.34. The summed E-state index contributed by atoms with van der Waals surface area (Å²) in [5.74, 6) is -0.186. The van der Waals surface area contributed by atoms with Crippen LogP contribution in [-0.2, 0) is 12.0 Å². The highest BCUT2D eigenvalue weighted by Crippen LogP contribution is 2.26. The van der Waals surface area contributed by atoms with Gasteiger partial charge in [-0.15, -0.1) is 11.3 Å². The van der Waals surface area contributed by atoms with Crippen LogP contribution >= 0.6 is 11.3 Å². The SMILES string of the molecule is Cc1cc(=O)c(C(=O)N2CCN(Cc3csc(C(C)(C)C)n3)CC2)c[nH]1. The number of aryl methyl sites for hydroxylation is 1. The van der Waals surface area contributed by atoms with Gasteiger partial charge >= 0.3 is 0 Å². The Labute approximate surface area is 157 Å². The Morgan fingerprint density at radius 2 is 1.96 bits per heavy atom. The van der Waals surface area contributed by atoms with Gasteiger partial charge in [-0.05, 0) is 6.92 Å². The molecule has 6 nitrogen and oxygen atoms in total. The second-order valence-electron chi connectivity index (χ2n) is 7.86. The third-order valence-electron chi connectivity index (χ3n) is 4.53. The number of aromatic nitrogens is 2. The summed E-state index contributed by atoms with van der Waals surface area (Å²) in [6.45, 7) is 12.0. The van der Waals surface area contributed by atoms with E-state index in [9.17, 15) is 9.59 Å². The molecule has 0 unspecified atom stereocenters. The van der Waals surface area contributed by atoms with E-state index in [1.54, 1.807) is 23.2 Å². The van der Waals surface area contributed by atoms with Gasteiger partial charge in [0.2, 0.25) is 0 Å². The number of nitrogens with one attached hydrogen (secondary N) is 1. The van der Waals surface area contributed by atoms with Crippen molar-refractivity contribution in [3.05, 3.63) is 49.8 Å². The maximum Gasteiger partial charge on any atom is 0.259 e. The minimum Gasteiger partial charge on any atom is -0.364 e. The zero-order chi connectivity index (χ0) is 18.9. The predicted octanol–water partition coefficient (Wildman–Crippen LogP) is 2.40. The first-order valence-electron chi connectivity index (χ1n) is 8.90. The van der Waals surface area contributed by atoms with E-state index in [1.807, 2.05) is 0 Å². The molecule has 26 heavy (non-hydrogen) atoms. The van der Waals surface area contributed by atoms with Crippen LogP contribution < -0.4 is 5.43 Å². The van der Waals surface area contributed by atoms with Crippen molar-refractivity contribution in [3.63, 3.8) is 0 Å². The number of carbonyl (C=O) groups excluding carboxylic acids is 1. The summed E-state index contributed by atoms with van der Waals surface area (Å²) in [6.07, 6.45) is 1.52. The average molecular weight is 375 g/mol. The summed E-state index contributed by atoms with van der Waals surface area (Å²) in [4.78, 5) is 36.4. The van der Waals surface area contributed by atoms with Crippen molar-refractivity contribution in [1.82, 2.24) is 19.8 Å². The number of amides is 1. The lowest BCUT2D eigenvalue weighted by Crippen LogP contribution is -2.49. The van der Waals surface area contributed by atoms with Crippen molar-refractivity contribution in [2.45, 2.75) is 39.7 Å². The number of H-pyrrole nitrogens is 1. The lowest BCUT2D eigenvalue weighted by molar-refractivity contribution is 0.0625. The van der Waals surface area contributed by atoms with Gasteiger partial charge in [-0.2, -0.15) is 0 Å². The largest absolute Gasteiger partial charge is 0.364 e. The van der Waals surface area contributed by atoms with Crippen LogP contribution in [0, 0.1) is 6.92 Å². The molecule has 0 saturated carbocycles. The number of hydrogen-bond acceptors (Lipinski definition) is 5. The number of pyridine rings is 1. The minimum absolute atomic E-state index is 0.0785. The Hall–Kier alpha value is -1.99. The molecule has 1 aliphatic heterocycles. The fraction of sp³-hybridized carbons (Fsp3) is 0.526. The van der Waals surface area contributed by atoms with E-state index < -0.39 is 0 Å². The lowest BCUT2D eigenvalue weighted by atomic mass is 9.98. The van der Waals surface area contributed by atoms with Gasteiger partial charge in [-0.3, -0.25) is 14.5 Å². The summed E-state index contributed by atoms with van der Waals surface area (Å²) in [5.41, 5.74) is 1.93. The van der Waals surface area contributed by atoms with E-state index in [2.05, 4.69) is 36.0 Å². The maximum atomic E-state index is 12.6. The maximum absolute atomic E-state index is 12.6. The van der Waals surface area contributed by atoms with Gasteiger partial charge in [0.25, 0.3) is 5.91 Å². The van der Waals surface area contributed by atoms with Gasteiger partial charge in [-0.1, -0.05) is 20.8 Å². The van der Waals surface area contributed by atoms with E-state index in [4.69, 9.17) is 4.98 Å². The Kier molecular flexibility index (Phi) is 5.29. The summed E-state index contributed by atoms with van der Waals surface area (Å²) in [5, 5.41) is 3.28. The van der Waals surface area contributed by atoms with Gasteiger partial charge in [-0.25, -0.2) is 4.98 Å². The normalized spacial score (nSPS) is 16.1. The minimum atomic E-state index is -0.217. The molecule has 3 heterocycles. The number of hydrogen-bond donors (Lipinski definition) is 1. The molecule has 0 spiro atoms. The van der Waals surface area contributed by atoms with Crippen LogP contribution in [-0.4, -0.2) is 51.9 Å². The smallest absolute Gasteiger partial charge is 0.259 e. The molecule has 1 N–H and O–H groups in total. The molecule has 1 fully saturated rings. The molecule has 1 aliphatic rings. The molecule has 0 aromatic carbocycles. The summed E-state index contributed by atoms with van der Waals surface area (Å²) in [6, 6.07) is 1.47. The van der Waals surface area contributed by atoms with Gasteiger partial charge < -0.3 is 9.88 Å². The van der Waals surface area contributed by atoms with Crippen molar-refractivity contribution in [2.75, 3.05) is 26.2 Å². The molecule has 3 rings (SSSR count). The molecular weight excluding hydrogens is 348 g/mol. The molecule has 0 bridgehead atoms.